The minimum atomic E-state index is -0.655. The first kappa shape index (κ1) is 5.94. The Hall–Kier alpha value is -1.19. The second-order valence-electron chi connectivity index (χ2n) is 1.53. The first-order valence-electron chi connectivity index (χ1n) is 2.43. The summed E-state index contributed by atoms with van der Waals surface area (Å²) in [5.74, 6) is 0. The number of nitrogens with zero attached hydrogens (tertiary/aromatic N) is 1. The van der Waals surface area contributed by atoms with Crippen LogP contribution < -0.4 is 5.69 Å². The van der Waals surface area contributed by atoms with E-state index in [0.29, 0.717) is 0 Å². The molecule has 0 amide bonds. The maximum atomic E-state index is 11.7. The van der Waals surface area contributed by atoms with Gasteiger partial charge in [0.1, 0.15) is 6.67 Å². The van der Waals surface area contributed by atoms with Crippen molar-refractivity contribution in [3.8, 4) is 0 Å². The first-order chi connectivity index (χ1) is 4.33. The molecule has 9 heavy (non-hydrogen) atoms. The van der Waals surface area contributed by atoms with Crippen molar-refractivity contribution in [1.82, 2.24) is 9.97 Å². The van der Waals surface area contributed by atoms with Gasteiger partial charge in [0.25, 0.3) is 0 Å². The second-order valence-corrected chi connectivity index (χ2v) is 1.53. The smallest absolute Gasteiger partial charge is 0.307 e. The summed E-state index contributed by atoms with van der Waals surface area (Å²) in [6.45, 7) is -0.655. The van der Waals surface area contributed by atoms with Crippen LogP contribution in [0.5, 0.6) is 0 Å². The molecule has 0 atom stereocenters. The zero-order valence-corrected chi connectivity index (χ0v) is 4.60. The molecule has 0 fully saturated rings. The standard InChI is InChI=1S/C5H5FN2O/c6-3-4-1-2-7-5(9)8-4/h1-2H,3H2,(H,7,8,9). The van der Waals surface area contributed by atoms with Gasteiger partial charge in [0.05, 0.1) is 5.69 Å². The first-order valence-corrected chi connectivity index (χ1v) is 2.43. The highest BCUT2D eigenvalue weighted by Crippen LogP contribution is 1.88. The highest BCUT2D eigenvalue weighted by molar-refractivity contribution is 4.95. The second kappa shape index (κ2) is 2.39. The molecular weight excluding hydrogens is 123 g/mol. The molecule has 1 aromatic heterocycles. The van der Waals surface area contributed by atoms with E-state index in [1.165, 1.54) is 12.3 Å². The molecule has 0 aliphatic heterocycles. The molecule has 4 heteroatoms. The van der Waals surface area contributed by atoms with Gasteiger partial charge in [0.2, 0.25) is 0 Å². The van der Waals surface area contributed by atoms with E-state index in [4.69, 9.17) is 0 Å². The Morgan fingerprint density at radius 1 is 1.78 bits per heavy atom. The Morgan fingerprint density at radius 3 is 3.00 bits per heavy atom. The summed E-state index contributed by atoms with van der Waals surface area (Å²) in [7, 11) is 0. The Labute approximate surface area is 50.6 Å². The van der Waals surface area contributed by atoms with Gasteiger partial charge in [0, 0.05) is 6.20 Å². The van der Waals surface area contributed by atoms with Crippen molar-refractivity contribution in [3.05, 3.63) is 28.4 Å². The number of aromatic nitrogens is 2. The molecule has 0 saturated heterocycles. The van der Waals surface area contributed by atoms with E-state index in [1.807, 2.05) is 0 Å². The molecule has 0 aliphatic carbocycles. The predicted molar refractivity (Wildman–Crippen MR) is 29.7 cm³/mol. The van der Waals surface area contributed by atoms with Crippen LogP contribution in [0.15, 0.2) is 17.1 Å². The van der Waals surface area contributed by atoms with E-state index < -0.39 is 12.4 Å². The quantitative estimate of drug-likeness (QED) is 0.588. The third kappa shape index (κ3) is 1.35. The lowest BCUT2D eigenvalue weighted by molar-refractivity contribution is 0.474. The van der Waals surface area contributed by atoms with Gasteiger partial charge in [-0.3, -0.25) is 0 Å². The molecule has 1 N–H and O–H groups in total. The van der Waals surface area contributed by atoms with E-state index in [9.17, 15) is 9.18 Å². The highest BCUT2D eigenvalue weighted by Gasteiger charge is 1.88. The summed E-state index contributed by atoms with van der Waals surface area (Å²) in [6, 6.07) is 1.42. The summed E-state index contributed by atoms with van der Waals surface area (Å²) in [5.41, 5.74) is -0.250. The molecule has 3 nitrogen and oxygen atoms in total. The van der Waals surface area contributed by atoms with Crippen LogP contribution in [0, 0.1) is 0 Å². The van der Waals surface area contributed by atoms with Gasteiger partial charge in [-0.15, -0.1) is 0 Å². The molecule has 0 spiro atoms. The number of H-pyrrole nitrogens is 1. The molecule has 1 heterocycles. The minimum Gasteiger partial charge on any atom is -0.307 e. The molecule has 1 rings (SSSR count). The summed E-state index contributed by atoms with van der Waals surface area (Å²) in [4.78, 5) is 15.8. The fourth-order valence-electron chi connectivity index (χ4n) is 0.484. The lowest BCUT2D eigenvalue weighted by Crippen LogP contribution is -2.10. The normalized spacial score (nSPS) is 9.44. The van der Waals surface area contributed by atoms with Gasteiger partial charge in [-0.25, -0.2) is 14.2 Å². The van der Waals surface area contributed by atoms with Crippen molar-refractivity contribution >= 4 is 0 Å². The lowest BCUT2D eigenvalue weighted by Gasteiger charge is -1.88. The van der Waals surface area contributed by atoms with E-state index in [0.717, 1.165) is 0 Å². The fraction of sp³-hybridized carbons (Fsp3) is 0.200. The van der Waals surface area contributed by atoms with Crippen LogP contribution in [0.1, 0.15) is 5.69 Å². The SMILES string of the molecule is O=c1nccc(CF)[nH]1. The average molecular weight is 128 g/mol. The van der Waals surface area contributed by atoms with Gasteiger partial charge in [-0.1, -0.05) is 0 Å². The summed E-state index contributed by atoms with van der Waals surface area (Å²) >= 11 is 0. The van der Waals surface area contributed by atoms with Crippen molar-refractivity contribution in [2.45, 2.75) is 6.67 Å². The predicted octanol–water partition coefficient (Wildman–Crippen LogP) is 0.239. The zero-order valence-electron chi connectivity index (χ0n) is 4.60. The lowest BCUT2D eigenvalue weighted by atomic mass is 10.4. The monoisotopic (exact) mass is 128 g/mol. The van der Waals surface area contributed by atoms with E-state index in [-0.39, 0.29) is 5.69 Å². The van der Waals surface area contributed by atoms with Crippen molar-refractivity contribution in [3.63, 3.8) is 0 Å². The number of nitrogens with one attached hydrogen (secondary N) is 1. The Bertz CT molecular complexity index is 245. The highest BCUT2D eigenvalue weighted by atomic mass is 19.1. The van der Waals surface area contributed by atoms with Gasteiger partial charge < -0.3 is 4.98 Å². The molecule has 0 bridgehead atoms. The number of alkyl halides is 1. The van der Waals surface area contributed by atoms with Crippen LogP contribution in [-0.2, 0) is 6.67 Å². The molecule has 48 valence electrons. The topological polar surface area (TPSA) is 45.8 Å². The minimum absolute atomic E-state index is 0.259. The summed E-state index contributed by atoms with van der Waals surface area (Å²) < 4.78 is 11.7. The Balaban J connectivity index is 3.08. The molecule has 0 radical (unpaired) electrons. The zero-order chi connectivity index (χ0) is 6.69. The average Bonchev–Trinajstić information content (AvgIpc) is 1.88. The maximum absolute atomic E-state index is 11.7. The van der Waals surface area contributed by atoms with Gasteiger partial charge in [-0.2, -0.15) is 0 Å². The third-order valence-electron chi connectivity index (χ3n) is 0.879. The number of rotatable bonds is 1. The molecule has 0 aliphatic rings. The van der Waals surface area contributed by atoms with Gasteiger partial charge >= 0.3 is 5.69 Å². The van der Waals surface area contributed by atoms with E-state index in [2.05, 4.69) is 9.97 Å². The van der Waals surface area contributed by atoms with Crippen LogP contribution in [0.4, 0.5) is 4.39 Å². The summed E-state index contributed by atoms with van der Waals surface area (Å²) in [5, 5.41) is 0. The van der Waals surface area contributed by atoms with E-state index >= 15 is 0 Å². The number of halogens is 1. The van der Waals surface area contributed by atoms with Crippen LogP contribution in [-0.4, -0.2) is 9.97 Å². The largest absolute Gasteiger partial charge is 0.345 e. The summed E-state index contributed by atoms with van der Waals surface area (Å²) in [6.07, 6.45) is 1.27. The third-order valence-corrected chi connectivity index (χ3v) is 0.879. The Morgan fingerprint density at radius 2 is 2.56 bits per heavy atom. The van der Waals surface area contributed by atoms with Crippen LogP contribution in [0.2, 0.25) is 0 Å². The van der Waals surface area contributed by atoms with Gasteiger partial charge in [-0.05, 0) is 6.07 Å². The molecule has 0 saturated carbocycles. The Kier molecular flexibility index (Phi) is 1.58. The molecular formula is C5H5FN2O. The van der Waals surface area contributed by atoms with Crippen molar-refractivity contribution in [1.29, 1.82) is 0 Å². The van der Waals surface area contributed by atoms with Crippen LogP contribution in [0.3, 0.4) is 0 Å². The molecule has 0 unspecified atom stereocenters. The van der Waals surface area contributed by atoms with E-state index in [1.54, 1.807) is 0 Å². The van der Waals surface area contributed by atoms with Crippen LogP contribution in [0.25, 0.3) is 0 Å². The maximum Gasteiger partial charge on any atom is 0.345 e. The van der Waals surface area contributed by atoms with Crippen LogP contribution >= 0.6 is 0 Å². The number of hydrogen-bond acceptors (Lipinski definition) is 2. The molecule has 0 aromatic carbocycles. The fourth-order valence-corrected chi connectivity index (χ4v) is 0.484. The van der Waals surface area contributed by atoms with Crippen molar-refractivity contribution < 1.29 is 4.39 Å². The number of aromatic amines is 1. The van der Waals surface area contributed by atoms with Gasteiger partial charge in [0.15, 0.2) is 0 Å². The number of hydrogen-bond donors (Lipinski definition) is 1. The van der Waals surface area contributed by atoms with Crippen molar-refractivity contribution in [2.24, 2.45) is 0 Å². The molecule has 1 aromatic rings. The van der Waals surface area contributed by atoms with Crippen molar-refractivity contribution in [2.75, 3.05) is 0 Å².